The molecule has 0 saturated heterocycles. The van der Waals surface area contributed by atoms with Crippen LogP contribution in [0.4, 0.5) is 17.6 Å². The van der Waals surface area contributed by atoms with Gasteiger partial charge in [0.2, 0.25) is 5.95 Å². The highest BCUT2D eigenvalue weighted by Gasteiger charge is 2.17. The van der Waals surface area contributed by atoms with E-state index < -0.39 is 23.8 Å². The Morgan fingerprint density at radius 3 is 2.42 bits per heavy atom. The monoisotopic (exact) mass is 179 g/mol. The summed E-state index contributed by atoms with van der Waals surface area (Å²) in [4.78, 5) is 3.04. The van der Waals surface area contributed by atoms with Crippen molar-refractivity contribution in [2.75, 3.05) is 0 Å². The molecule has 0 saturated carbocycles. The molecule has 0 aromatic carbocycles. The highest BCUT2D eigenvalue weighted by molar-refractivity contribution is 5.20. The number of hydrogen-bond donors (Lipinski definition) is 0. The topological polar surface area (TPSA) is 12.9 Å². The van der Waals surface area contributed by atoms with Crippen molar-refractivity contribution in [3.63, 3.8) is 0 Å². The Balaban J connectivity index is 3.28. The Bertz CT molecular complexity index is 298. The summed E-state index contributed by atoms with van der Waals surface area (Å²) in [5.41, 5.74) is -1.30. The molecule has 0 spiro atoms. The molecule has 0 aliphatic rings. The van der Waals surface area contributed by atoms with Gasteiger partial charge in [-0.25, -0.2) is 18.2 Å². The van der Waals surface area contributed by atoms with Gasteiger partial charge in [0.25, 0.3) is 6.43 Å². The quantitative estimate of drug-likeness (QED) is 0.477. The second-order valence-electron chi connectivity index (χ2n) is 2.23. The second kappa shape index (κ2) is 3.08. The Kier molecular flexibility index (Phi) is 2.30. The fraction of sp³-hybridized carbons (Fsp3) is 0.286. The van der Waals surface area contributed by atoms with E-state index in [4.69, 9.17) is 0 Å². The van der Waals surface area contributed by atoms with Gasteiger partial charge in [0, 0.05) is 6.07 Å². The van der Waals surface area contributed by atoms with Gasteiger partial charge in [-0.2, -0.15) is 4.39 Å². The highest BCUT2D eigenvalue weighted by atomic mass is 19.3. The van der Waals surface area contributed by atoms with E-state index in [1.807, 2.05) is 0 Å². The molecule has 0 atom stereocenters. The SMILES string of the molecule is Cc1nc(F)cc(C(F)F)c1F. The average molecular weight is 179 g/mol. The van der Waals surface area contributed by atoms with E-state index >= 15 is 0 Å². The van der Waals surface area contributed by atoms with Crippen LogP contribution in [-0.4, -0.2) is 4.98 Å². The molecular formula is C7H5F4N. The van der Waals surface area contributed by atoms with Crippen LogP contribution in [0.5, 0.6) is 0 Å². The lowest BCUT2D eigenvalue weighted by molar-refractivity contribution is 0.145. The first-order valence-corrected chi connectivity index (χ1v) is 3.13. The van der Waals surface area contributed by atoms with Gasteiger partial charge in [-0.05, 0) is 6.92 Å². The molecule has 0 amide bonds. The van der Waals surface area contributed by atoms with Crippen molar-refractivity contribution in [1.82, 2.24) is 4.98 Å². The first kappa shape index (κ1) is 8.96. The zero-order valence-electron chi connectivity index (χ0n) is 6.11. The van der Waals surface area contributed by atoms with Crippen molar-refractivity contribution >= 4 is 0 Å². The maximum atomic E-state index is 12.7. The van der Waals surface area contributed by atoms with Crippen LogP contribution in [0.15, 0.2) is 6.07 Å². The Morgan fingerprint density at radius 2 is 1.92 bits per heavy atom. The van der Waals surface area contributed by atoms with E-state index in [1.54, 1.807) is 0 Å². The zero-order chi connectivity index (χ0) is 9.30. The number of aryl methyl sites for hydroxylation is 1. The van der Waals surface area contributed by atoms with E-state index in [0.29, 0.717) is 6.07 Å². The molecular weight excluding hydrogens is 174 g/mol. The fourth-order valence-corrected chi connectivity index (χ4v) is 0.801. The van der Waals surface area contributed by atoms with Crippen molar-refractivity contribution < 1.29 is 17.6 Å². The van der Waals surface area contributed by atoms with Crippen molar-refractivity contribution in [2.45, 2.75) is 13.3 Å². The minimum absolute atomic E-state index is 0.356. The molecule has 0 fully saturated rings. The molecule has 1 aromatic rings. The third kappa shape index (κ3) is 1.54. The number of halogens is 4. The lowest BCUT2D eigenvalue weighted by Crippen LogP contribution is -1.99. The summed E-state index contributed by atoms with van der Waals surface area (Å²) in [5, 5.41) is 0. The van der Waals surface area contributed by atoms with Crippen LogP contribution in [0, 0.1) is 18.7 Å². The van der Waals surface area contributed by atoms with E-state index in [9.17, 15) is 17.6 Å². The molecule has 1 rings (SSSR count). The van der Waals surface area contributed by atoms with Crippen molar-refractivity contribution in [3.05, 3.63) is 29.1 Å². The smallest absolute Gasteiger partial charge is 0.222 e. The second-order valence-corrected chi connectivity index (χ2v) is 2.23. The highest BCUT2D eigenvalue weighted by Crippen LogP contribution is 2.23. The Hall–Kier alpha value is -1.13. The predicted molar refractivity (Wildman–Crippen MR) is 33.8 cm³/mol. The normalized spacial score (nSPS) is 10.8. The van der Waals surface area contributed by atoms with Gasteiger partial charge in [0.1, 0.15) is 0 Å². The van der Waals surface area contributed by atoms with E-state index in [0.717, 1.165) is 6.92 Å². The Morgan fingerprint density at radius 1 is 1.33 bits per heavy atom. The van der Waals surface area contributed by atoms with Gasteiger partial charge in [0.15, 0.2) is 5.82 Å². The predicted octanol–water partition coefficient (Wildman–Crippen LogP) is 2.61. The van der Waals surface area contributed by atoms with Crippen LogP contribution in [0.1, 0.15) is 17.7 Å². The fourth-order valence-electron chi connectivity index (χ4n) is 0.801. The maximum Gasteiger partial charge on any atom is 0.266 e. The van der Waals surface area contributed by atoms with Crippen molar-refractivity contribution in [1.29, 1.82) is 0 Å². The van der Waals surface area contributed by atoms with Crippen molar-refractivity contribution in [3.8, 4) is 0 Å². The standard InChI is InChI=1S/C7H5F4N/c1-3-6(9)4(7(10)11)2-5(8)12-3/h2,7H,1H3. The van der Waals surface area contributed by atoms with Crippen LogP contribution < -0.4 is 0 Å². The number of nitrogens with zero attached hydrogens (tertiary/aromatic N) is 1. The first-order chi connectivity index (χ1) is 5.52. The van der Waals surface area contributed by atoms with E-state index in [2.05, 4.69) is 4.98 Å². The summed E-state index contributed by atoms with van der Waals surface area (Å²) >= 11 is 0. The molecule has 0 radical (unpaired) electrons. The van der Waals surface area contributed by atoms with Crippen LogP contribution in [0.2, 0.25) is 0 Å². The maximum absolute atomic E-state index is 12.7. The number of alkyl halides is 2. The molecule has 1 nitrogen and oxygen atoms in total. The number of hydrogen-bond acceptors (Lipinski definition) is 1. The minimum atomic E-state index is -3.01. The molecule has 0 aliphatic carbocycles. The van der Waals surface area contributed by atoms with Crippen molar-refractivity contribution in [2.24, 2.45) is 0 Å². The number of aromatic nitrogens is 1. The first-order valence-electron chi connectivity index (χ1n) is 3.13. The third-order valence-electron chi connectivity index (χ3n) is 1.36. The van der Waals surface area contributed by atoms with Gasteiger partial charge in [-0.3, -0.25) is 0 Å². The molecule has 12 heavy (non-hydrogen) atoms. The summed E-state index contributed by atoms with van der Waals surface area (Å²) in [5.74, 6) is -2.24. The van der Waals surface area contributed by atoms with Gasteiger partial charge in [-0.15, -0.1) is 0 Å². The summed E-state index contributed by atoms with van der Waals surface area (Å²) < 4.78 is 49.0. The number of pyridine rings is 1. The third-order valence-corrected chi connectivity index (χ3v) is 1.36. The summed E-state index contributed by atoms with van der Waals surface area (Å²) in [7, 11) is 0. The lowest BCUT2D eigenvalue weighted by atomic mass is 10.2. The lowest BCUT2D eigenvalue weighted by Gasteiger charge is -2.03. The summed E-state index contributed by atoms with van der Waals surface area (Å²) in [6.45, 7) is 1.13. The van der Waals surface area contributed by atoms with Crippen LogP contribution in [0.3, 0.4) is 0 Å². The molecule has 0 unspecified atom stereocenters. The average Bonchev–Trinajstić information content (AvgIpc) is 1.96. The van der Waals surface area contributed by atoms with Gasteiger partial charge in [-0.1, -0.05) is 0 Å². The van der Waals surface area contributed by atoms with Crippen LogP contribution >= 0.6 is 0 Å². The van der Waals surface area contributed by atoms with Crippen LogP contribution in [0.25, 0.3) is 0 Å². The van der Waals surface area contributed by atoms with E-state index in [-0.39, 0.29) is 5.69 Å². The molecule has 5 heteroatoms. The van der Waals surface area contributed by atoms with Gasteiger partial charge < -0.3 is 0 Å². The summed E-state index contributed by atoms with van der Waals surface area (Å²) in [6.07, 6.45) is -3.01. The number of rotatable bonds is 1. The zero-order valence-corrected chi connectivity index (χ0v) is 6.11. The minimum Gasteiger partial charge on any atom is -0.222 e. The largest absolute Gasteiger partial charge is 0.266 e. The van der Waals surface area contributed by atoms with Gasteiger partial charge >= 0.3 is 0 Å². The molecule has 1 aromatic heterocycles. The Labute approximate surface area is 66.0 Å². The molecule has 0 bridgehead atoms. The molecule has 1 heterocycles. The van der Waals surface area contributed by atoms with Gasteiger partial charge in [0.05, 0.1) is 11.3 Å². The molecule has 66 valence electrons. The molecule has 0 aliphatic heterocycles. The van der Waals surface area contributed by atoms with E-state index in [1.165, 1.54) is 0 Å². The summed E-state index contributed by atoms with van der Waals surface area (Å²) in [6, 6.07) is 0.396. The molecule has 0 N–H and O–H groups in total. The van der Waals surface area contributed by atoms with Crippen LogP contribution in [-0.2, 0) is 0 Å².